The fourth-order valence-electron chi connectivity index (χ4n) is 4.01. The van der Waals surface area contributed by atoms with E-state index in [4.69, 9.17) is 4.42 Å². The summed E-state index contributed by atoms with van der Waals surface area (Å²) in [4.78, 5) is 29.0. The number of likely N-dealkylation sites (tertiary alicyclic amines) is 2. The maximum Gasteiger partial charge on any atom is 0.257 e. The zero-order valence-corrected chi connectivity index (χ0v) is 13.7. The van der Waals surface area contributed by atoms with Crippen LogP contribution in [-0.4, -0.2) is 46.8 Å². The SMILES string of the molecule is C=CCN1C(=O)CCC[C@]12CCCN(C(=O)c1ccoc1C)C2. The number of hydrogen-bond acceptors (Lipinski definition) is 3. The number of carbonyl (C=O) groups excluding carboxylic acids is 2. The molecule has 1 spiro atoms. The summed E-state index contributed by atoms with van der Waals surface area (Å²) in [6, 6.07) is 1.73. The lowest BCUT2D eigenvalue weighted by atomic mass is 9.79. The van der Waals surface area contributed by atoms with E-state index in [2.05, 4.69) is 6.58 Å². The van der Waals surface area contributed by atoms with Crippen LogP contribution in [0.1, 0.15) is 48.2 Å². The number of piperidine rings is 2. The first-order chi connectivity index (χ1) is 11.1. The lowest BCUT2D eigenvalue weighted by Gasteiger charge is -2.51. The summed E-state index contributed by atoms with van der Waals surface area (Å²) < 4.78 is 5.26. The Bertz CT molecular complexity index is 618. The van der Waals surface area contributed by atoms with Gasteiger partial charge in [0.15, 0.2) is 0 Å². The van der Waals surface area contributed by atoms with E-state index in [-0.39, 0.29) is 17.4 Å². The van der Waals surface area contributed by atoms with Crippen molar-refractivity contribution < 1.29 is 14.0 Å². The van der Waals surface area contributed by atoms with Crippen LogP contribution in [0.5, 0.6) is 0 Å². The van der Waals surface area contributed by atoms with Gasteiger partial charge in [-0.15, -0.1) is 6.58 Å². The molecule has 0 N–H and O–H groups in total. The summed E-state index contributed by atoms with van der Waals surface area (Å²) in [6.07, 6.45) is 7.68. The molecule has 0 bridgehead atoms. The van der Waals surface area contributed by atoms with Crippen LogP contribution < -0.4 is 0 Å². The number of hydrogen-bond donors (Lipinski definition) is 0. The predicted octanol–water partition coefficient (Wildman–Crippen LogP) is 2.76. The molecule has 0 radical (unpaired) electrons. The molecule has 1 aromatic rings. The zero-order valence-electron chi connectivity index (χ0n) is 13.7. The van der Waals surface area contributed by atoms with Gasteiger partial charge in [0, 0.05) is 26.1 Å². The van der Waals surface area contributed by atoms with E-state index in [0.29, 0.717) is 30.8 Å². The van der Waals surface area contributed by atoms with Gasteiger partial charge in [0.05, 0.1) is 17.4 Å². The van der Waals surface area contributed by atoms with Crippen LogP contribution >= 0.6 is 0 Å². The lowest BCUT2D eigenvalue weighted by molar-refractivity contribution is -0.143. The first-order valence-electron chi connectivity index (χ1n) is 8.32. The fourth-order valence-corrected chi connectivity index (χ4v) is 4.01. The van der Waals surface area contributed by atoms with Gasteiger partial charge in [-0.1, -0.05) is 6.08 Å². The Kier molecular flexibility index (Phi) is 4.28. The highest BCUT2D eigenvalue weighted by Crippen LogP contribution is 2.37. The molecule has 3 rings (SSSR count). The monoisotopic (exact) mass is 316 g/mol. The quantitative estimate of drug-likeness (QED) is 0.806. The first kappa shape index (κ1) is 15.8. The van der Waals surface area contributed by atoms with E-state index in [1.54, 1.807) is 25.3 Å². The molecule has 5 nitrogen and oxygen atoms in total. The van der Waals surface area contributed by atoms with E-state index in [0.717, 1.165) is 32.2 Å². The van der Waals surface area contributed by atoms with Crippen LogP contribution in [0.25, 0.3) is 0 Å². The zero-order chi connectivity index (χ0) is 16.4. The van der Waals surface area contributed by atoms with Gasteiger partial charge in [-0.2, -0.15) is 0 Å². The van der Waals surface area contributed by atoms with E-state index < -0.39 is 0 Å². The third-order valence-corrected chi connectivity index (χ3v) is 5.15. The molecule has 0 aromatic carbocycles. The highest BCUT2D eigenvalue weighted by molar-refractivity contribution is 5.95. The van der Waals surface area contributed by atoms with Gasteiger partial charge in [-0.3, -0.25) is 9.59 Å². The third kappa shape index (κ3) is 2.80. The Morgan fingerprint density at radius 1 is 1.43 bits per heavy atom. The van der Waals surface area contributed by atoms with Crippen LogP contribution in [0.2, 0.25) is 0 Å². The molecule has 0 aliphatic carbocycles. The fraction of sp³-hybridized carbons (Fsp3) is 0.556. The number of furan rings is 1. The molecule has 2 aliphatic rings. The minimum absolute atomic E-state index is 0.00639. The summed E-state index contributed by atoms with van der Waals surface area (Å²) >= 11 is 0. The van der Waals surface area contributed by atoms with Crippen LogP contribution in [0, 0.1) is 6.92 Å². The average molecular weight is 316 g/mol. The van der Waals surface area contributed by atoms with E-state index in [1.165, 1.54) is 0 Å². The van der Waals surface area contributed by atoms with Crippen molar-refractivity contribution in [2.24, 2.45) is 0 Å². The van der Waals surface area contributed by atoms with Crippen molar-refractivity contribution in [3.05, 3.63) is 36.3 Å². The third-order valence-electron chi connectivity index (χ3n) is 5.15. The summed E-state index contributed by atoms with van der Waals surface area (Å²) in [5, 5.41) is 0. The first-order valence-corrected chi connectivity index (χ1v) is 8.32. The van der Waals surface area contributed by atoms with Gasteiger partial charge in [0.25, 0.3) is 5.91 Å². The highest BCUT2D eigenvalue weighted by atomic mass is 16.3. The minimum Gasteiger partial charge on any atom is -0.469 e. The van der Waals surface area contributed by atoms with Crippen molar-refractivity contribution in [2.75, 3.05) is 19.6 Å². The smallest absolute Gasteiger partial charge is 0.257 e. The van der Waals surface area contributed by atoms with Crippen molar-refractivity contribution in [3.8, 4) is 0 Å². The summed E-state index contributed by atoms with van der Waals surface area (Å²) in [7, 11) is 0. The number of aryl methyl sites for hydroxylation is 1. The van der Waals surface area contributed by atoms with Crippen LogP contribution in [-0.2, 0) is 4.79 Å². The van der Waals surface area contributed by atoms with E-state index in [1.807, 2.05) is 9.80 Å². The largest absolute Gasteiger partial charge is 0.469 e. The second-order valence-electron chi connectivity index (χ2n) is 6.59. The molecule has 2 aliphatic heterocycles. The molecule has 5 heteroatoms. The normalized spacial score (nSPS) is 25.0. The van der Waals surface area contributed by atoms with Gasteiger partial charge in [-0.25, -0.2) is 0 Å². The standard InChI is InChI=1S/C18H24N2O3/c1-3-10-20-16(21)6-4-8-18(20)9-5-11-19(13-18)17(22)15-7-12-23-14(15)2/h3,7,12H,1,4-6,8-11,13H2,2H3/t18-/m1/s1. The summed E-state index contributed by atoms with van der Waals surface area (Å²) in [5.74, 6) is 0.842. The molecular weight excluding hydrogens is 292 g/mol. The van der Waals surface area contributed by atoms with Gasteiger partial charge in [0.1, 0.15) is 5.76 Å². The Hall–Kier alpha value is -2.04. The molecule has 124 valence electrons. The Balaban J connectivity index is 1.84. The molecule has 23 heavy (non-hydrogen) atoms. The van der Waals surface area contributed by atoms with Crippen molar-refractivity contribution in [2.45, 2.75) is 44.6 Å². The molecule has 2 fully saturated rings. The van der Waals surface area contributed by atoms with Gasteiger partial charge in [0.2, 0.25) is 5.91 Å². The maximum atomic E-state index is 12.8. The Labute approximate surface area is 136 Å². The molecule has 1 atom stereocenters. The molecule has 0 unspecified atom stereocenters. The number of rotatable bonds is 3. The van der Waals surface area contributed by atoms with Crippen molar-refractivity contribution in [1.29, 1.82) is 0 Å². The highest BCUT2D eigenvalue weighted by Gasteiger charge is 2.45. The average Bonchev–Trinajstić information content (AvgIpc) is 2.97. The summed E-state index contributed by atoms with van der Waals surface area (Å²) in [5.41, 5.74) is 0.397. The molecule has 2 amide bonds. The van der Waals surface area contributed by atoms with E-state index >= 15 is 0 Å². The summed E-state index contributed by atoms with van der Waals surface area (Å²) in [6.45, 7) is 7.50. The maximum absolute atomic E-state index is 12.8. The molecule has 2 saturated heterocycles. The minimum atomic E-state index is -0.227. The van der Waals surface area contributed by atoms with Gasteiger partial charge >= 0.3 is 0 Å². The molecule has 3 heterocycles. The van der Waals surface area contributed by atoms with Crippen LogP contribution in [0.4, 0.5) is 0 Å². The van der Waals surface area contributed by atoms with Crippen LogP contribution in [0.3, 0.4) is 0 Å². The van der Waals surface area contributed by atoms with E-state index in [9.17, 15) is 9.59 Å². The molecular formula is C18H24N2O3. The number of carbonyl (C=O) groups is 2. The second kappa shape index (κ2) is 6.22. The predicted molar refractivity (Wildman–Crippen MR) is 87.1 cm³/mol. The van der Waals surface area contributed by atoms with Gasteiger partial charge in [-0.05, 0) is 38.7 Å². The molecule has 1 aromatic heterocycles. The molecule has 0 saturated carbocycles. The topological polar surface area (TPSA) is 53.8 Å². The van der Waals surface area contributed by atoms with Gasteiger partial charge < -0.3 is 14.2 Å². The lowest BCUT2D eigenvalue weighted by Crippen LogP contribution is -2.63. The number of amides is 2. The van der Waals surface area contributed by atoms with Crippen molar-refractivity contribution in [1.82, 2.24) is 9.80 Å². The second-order valence-corrected chi connectivity index (χ2v) is 6.59. The Morgan fingerprint density at radius 3 is 2.91 bits per heavy atom. The Morgan fingerprint density at radius 2 is 2.22 bits per heavy atom. The number of nitrogens with zero attached hydrogens (tertiary/aromatic N) is 2. The van der Waals surface area contributed by atoms with Crippen molar-refractivity contribution >= 4 is 11.8 Å². The van der Waals surface area contributed by atoms with Crippen LogP contribution in [0.15, 0.2) is 29.4 Å². The van der Waals surface area contributed by atoms with Crippen molar-refractivity contribution in [3.63, 3.8) is 0 Å².